The lowest BCUT2D eigenvalue weighted by atomic mass is 10.1. The molecule has 1 fully saturated rings. The molecule has 0 radical (unpaired) electrons. The third-order valence-electron chi connectivity index (χ3n) is 5.00. The topological polar surface area (TPSA) is 67.6 Å². The fourth-order valence-corrected chi connectivity index (χ4v) is 3.89. The molecule has 1 N–H and O–H groups in total. The molecule has 6 nitrogen and oxygen atoms in total. The maximum absolute atomic E-state index is 13.2. The summed E-state index contributed by atoms with van der Waals surface area (Å²) in [5, 5.41) is 11.3. The molecule has 0 amide bonds. The Morgan fingerprint density at radius 2 is 1.93 bits per heavy atom. The largest absolute Gasteiger partial charge is 0.387 e. The molecule has 0 saturated carbocycles. The Kier molecular flexibility index (Phi) is 5.87. The van der Waals surface area contributed by atoms with Gasteiger partial charge in [-0.1, -0.05) is 40.2 Å². The standard InChI is InChI=1S/C21H22BrN3O3/c22-16-5-3-4-15(12-16)19(26)13-25-20(14-24-8-10-28-11-9-24)23-18-7-2-1-6-17(18)21(25)27/h1-7,12,19,26H,8-11,13-14H2/t19-/m1/s1. The fraction of sp³-hybridized carbons (Fsp3) is 0.333. The molecule has 2 heterocycles. The van der Waals surface area contributed by atoms with Crippen molar-refractivity contribution in [1.29, 1.82) is 0 Å². The van der Waals surface area contributed by atoms with Crippen LogP contribution in [0.2, 0.25) is 0 Å². The lowest BCUT2D eigenvalue weighted by Crippen LogP contribution is -2.38. The fourth-order valence-electron chi connectivity index (χ4n) is 3.47. The number of aromatic nitrogens is 2. The highest BCUT2D eigenvalue weighted by Crippen LogP contribution is 2.20. The number of aliphatic hydroxyl groups excluding tert-OH is 1. The zero-order chi connectivity index (χ0) is 19.5. The molecule has 28 heavy (non-hydrogen) atoms. The van der Waals surface area contributed by atoms with Crippen LogP contribution in [0.4, 0.5) is 0 Å². The van der Waals surface area contributed by atoms with Gasteiger partial charge in [-0.2, -0.15) is 0 Å². The summed E-state index contributed by atoms with van der Waals surface area (Å²) in [6, 6.07) is 14.9. The first-order chi connectivity index (χ1) is 13.6. The van der Waals surface area contributed by atoms with Gasteiger partial charge in [-0.25, -0.2) is 4.98 Å². The Balaban J connectivity index is 1.72. The Morgan fingerprint density at radius 3 is 2.71 bits per heavy atom. The van der Waals surface area contributed by atoms with Crippen molar-refractivity contribution < 1.29 is 9.84 Å². The van der Waals surface area contributed by atoms with E-state index in [2.05, 4.69) is 20.8 Å². The Morgan fingerprint density at radius 1 is 1.14 bits per heavy atom. The Labute approximate surface area is 171 Å². The molecular weight excluding hydrogens is 422 g/mol. The van der Waals surface area contributed by atoms with E-state index < -0.39 is 6.10 Å². The average Bonchev–Trinajstić information content (AvgIpc) is 2.71. The van der Waals surface area contributed by atoms with Crippen LogP contribution in [-0.4, -0.2) is 45.9 Å². The third kappa shape index (κ3) is 4.17. The van der Waals surface area contributed by atoms with Crippen LogP contribution >= 0.6 is 15.9 Å². The lowest BCUT2D eigenvalue weighted by Gasteiger charge is -2.27. The molecule has 146 valence electrons. The van der Waals surface area contributed by atoms with Crippen molar-refractivity contribution >= 4 is 26.8 Å². The Bertz CT molecular complexity index is 1030. The van der Waals surface area contributed by atoms with Gasteiger partial charge in [-0.15, -0.1) is 0 Å². The number of nitrogens with zero attached hydrogens (tertiary/aromatic N) is 3. The first-order valence-corrected chi connectivity index (χ1v) is 10.1. The van der Waals surface area contributed by atoms with Crippen molar-refractivity contribution in [1.82, 2.24) is 14.5 Å². The van der Waals surface area contributed by atoms with E-state index in [1.54, 1.807) is 10.6 Å². The summed E-state index contributed by atoms with van der Waals surface area (Å²) in [4.78, 5) is 20.2. The van der Waals surface area contributed by atoms with Gasteiger partial charge in [-0.3, -0.25) is 14.3 Å². The molecule has 1 saturated heterocycles. The van der Waals surface area contributed by atoms with Crippen LogP contribution in [0.15, 0.2) is 57.8 Å². The smallest absolute Gasteiger partial charge is 0.261 e. The van der Waals surface area contributed by atoms with Gasteiger partial charge < -0.3 is 9.84 Å². The van der Waals surface area contributed by atoms with Crippen LogP contribution in [0.1, 0.15) is 17.5 Å². The van der Waals surface area contributed by atoms with Crippen LogP contribution < -0.4 is 5.56 Å². The molecule has 0 bridgehead atoms. The second-order valence-electron chi connectivity index (χ2n) is 6.92. The Hall–Kier alpha value is -2.06. The second-order valence-corrected chi connectivity index (χ2v) is 7.84. The highest BCUT2D eigenvalue weighted by atomic mass is 79.9. The molecule has 3 aromatic rings. The number of para-hydroxylation sites is 1. The first-order valence-electron chi connectivity index (χ1n) is 9.34. The maximum atomic E-state index is 13.2. The first kappa shape index (κ1) is 19.3. The van der Waals surface area contributed by atoms with Crippen molar-refractivity contribution in [2.24, 2.45) is 0 Å². The summed E-state index contributed by atoms with van der Waals surface area (Å²) < 4.78 is 7.92. The summed E-state index contributed by atoms with van der Waals surface area (Å²) in [6.45, 7) is 3.67. The van der Waals surface area contributed by atoms with E-state index in [-0.39, 0.29) is 12.1 Å². The number of ether oxygens (including phenoxy) is 1. The highest BCUT2D eigenvalue weighted by Gasteiger charge is 2.19. The van der Waals surface area contributed by atoms with Crippen molar-refractivity contribution in [3.63, 3.8) is 0 Å². The lowest BCUT2D eigenvalue weighted by molar-refractivity contribution is 0.0319. The van der Waals surface area contributed by atoms with Crippen molar-refractivity contribution in [3.05, 3.63) is 74.7 Å². The number of hydrogen-bond donors (Lipinski definition) is 1. The van der Waals surface area contributed by atoms with Gasteiger partial charge in [0.1, 0.15) is 5.82 Å². The number of morpholine rings is 1. The molecule has 1 aromatic heterocycles. The van der Waals surface area contributed by atoms with E-state index in [1.807, 2.05) is 42.5 Å². The summed E-state index contributed by atoms with van der Waals surface area (Å²) in [6.07, 6.45) is -0.804. The van der Waals surface area contributed by atoms with Crippen molar-refractivity contribution in [3.8, 4) is 0 Å². The van der Waals surface area contributed by atoms with Crippen molar-refractivity contribution in [2.75, 3.05) is 26.3 Å². The van der Waals surface area contributed by atoms with Gasteiger partial charge in [0.05, 0.1) is 43.3 Å². The molecule has 0 aliphatic carbocycles. The van der Waals surface area contributed by atoms with Gasteiger partial charge in [0.2, 0.25) is 0 Å². The number of hydrogen-bond acceptors (Lipinski definition) is 5. The van der Waals surface area contributed by atoms with Gasteiger partial charge in [0.25, 0.3) is 5.56 Å². The SMILES string of the molecule is O=c1c2ccccc2nc(CN2CCOCC2)n1C[C@@H](O)c1cccc(Br)c1. The summed E-state index contributed by atoms with van der Waals surface area (Å²) in [5.41, 5.74) is 1.32. The molecule has 2 aromatic carbocycles. The number of rotatable bonds is 5. The van der Waals surface area contributed by atoms with E-state index in [0.717, 1.165) is 23.1 Å². The van der Waals surface area contributed by atoms with E-state index in [0.29, 0.717) is 36.5 Å². The summed E-state index contributed by atoms with van der Waals surface area (Å²) >= 11 is 3.43. The number of benzene rings is 2. The van der Waals surface area contributed by atoms with Gasteiger partial charge in [-0.05, 0) is 29.8 Å². The number of fused-ring (bicyclic) bond motifs is 1. The van der Waals surface area contributed by atoms with Gasteiger partial charge in [0.15, 0.2) is 0 Å². The normalized spacial score (nSPS) is 16.4. The third-order valence-corrected chi connectivity index (χ3v) is 5.49. The van der Waals surface area contributed by atoms with Crippen LogP contribution in [0, 0.1) is 0 Å². The molecular formula is C21H22BrN3O3. The zero-order valence-corrected chi connectivity index (χ0v) is 17.0. The quantitative estimate of drug-likeness (QED) is 0.656. The minimum atomic E-state index is -0.804. The maximum Gasteiger partial charge on any atom is 0.261 e. The van der Waals surface area contributed by atoms with Crippen LogP contribution in [0.3, 0.4) is 0 Å². The molecule has 7 heteroatoms. The molecule has 1 aliphatic rings. The monoisotopic (exact) mass is 443 g/mol. The number of halogens is 1. The van der Waals surface area contributed by atoms with Crippen LogP contribution in [0.5, 0.6) is 0 Å². The van der Waals surface area contributed by atoms with Crippen LogP contribution in [0.25, 0.3) is 10.9 Å². The van der Waals surface area contributed by atoms with Crippen molar-refractivity contribution in [2.45, 2.75) is 19.2 Å². The van der Waals surface area contributed by atoms with E-state index >= 15 is 0 Å². The molecule has 0 spiro atoms. The minimum Gasteiger partial charge on any atom is -0.387 e. The van der Waals surface area contributed by atoms with Gasteiger partial charge in [0, 0.05) is 17.6 Å². The minimum absolute atomic E-state index is 0.122. The molecule has 1 aliphatic heterocycles. The van der Waals surface area contributed by atoms with E-state index in [9.17, 15) is 9.90 Å². The summed E-state index contributed by atoms with van der Waals surface area (Å²) in [5.74, 6) is 0.666. The second kappa shape index (κ2) is 8.53. The molecule has 4 rings (SSSR count). The predicted octanol–water partition coefficient (Wildman–Crippen LogP) is 2.72. The number of aliphatic hydroxyl groups is 1. The molecule has 0 unspecified atom stereocenters. The predicted molar refractivity (Wildman–Crippen MR) is 111 cm³/mol. The highest BCUT2D eigenvalue weighted by molar-refractivity contribution is 9.10. The zero-order valence-electron chi connectivity index (χ0n) is 15.4. The molecule has 1 atom stereocenters. The van der Waals surface area contributed by atoms with E-state index in [4.69, 9.17) is 9.72 Å². The van der Waals surface area contributed by atoms with E-state index in [1.165, 1.54) is 0 Å². The van der Waals surface area contributed by atoms with Gasteiger partial charge >= 0.3 is 0 Å². The average molecular weight is 444 g/mol. The summed E-state index contributed by atoms with van der Waals surface area (Å²) in [7, 11) is 0. The van der Waals surface area contributed by atoms with Crippen LogP contribution in [-0.2, 0) is 17.8 Å².